The topological polar surface area (TPSA) is 70.5 Å². The number of rotatable bonds is 9. The third-order valence-electron chi connectivity index (χ3n) is 5.46. The molecule has 0 unspecified atom stereocenters. The minimum atomic E-state index is -4.46. The Bertz CT molecular complexity index is 1170. The highest BCUT2D eigenvalue weighted by Gasteiger charge is 2.30. The highest BCUT2D eigenvalue weighted by atomic mass is 19.4. The number of halogens is 3. The molecule has 2 amide bonds. The van der Waals surface area contributed by atoms with Gasteiger partial charge in [-0.25, -0.2) is 4.98 Å². The third-order valence-corrected chi connectivity index (χ3v) is 5.46. The summed E-state index contributed by atoms with van der Waals surface area (Å²) in [6.07, 6.45) is -2.81. The van der Waals surface area contributed by atoms with Gasteiger partial charge in [0.05, 0.1) is 17.8 Å². The van der Waals surface area contributed by atoms with Gasteiger partial charge in [0, 0.05) is 36.5 Å². The molecule has 0 aliphatic rings. The van der Waals surface area contributed by atoms with Crippen LogP contribution in [0, 0.1) is 5.92 Å². The van der Waals surface area contributed by atoms with E-state index in [0.717, 1.165) is 17.7 Å². The van der Waals surface area contributed by atoms with Crippen LogP contribution in [0.3, 0.4) is 0 Å². The number of benzene rings is 2. The van der Waals surface area contributed by atoms with Crippen molar-refractivity contribution < 1.29 is 22.8 Å². The van der Waals surface area contributed by atoms with Crippen molar-refractivity contribution in [1.82, 2.24) is 19.4 Å². The number of aromatic nitrogens is 2. The second-order valence-corrected chi connectivity index (χ2v) is 9.00. The molecule has 1 N–H and O–H groups in total. The van der Waals surface area contributed by atoms with Crippen LogP contribution in [0.2, 0.25) is 0 Å². The summed E-state index contributed by atoms with van der Waals surface area (Å²) >= 11 is 0. The van der Waals surface area contributed by atoms with E-state index in [9.17, 15) is 22.8 Å². The standard InChI is InChI=1S/C26H30F3N5O2/c1-18(2)24(36)33(15-14-32(3)4)17-23(35)31-25-30-22(19-8-6-5-7-9-19)16-34(25)21-12-10-20(11-13-21)26(27,28)29/h5-13,16,18H,14-15,17H2,1-4H3,(H,30,31,35). The van der Waals surface area contributed by atoms with Crippen LogP contribution in [0.15, 0.2) is 60.8 Å². The Hall–Kier alpha value is -3.66. The fourth-order valence-corrected chi connectivity index (χ4v) is 3.51. The molecule has 0 saturated heterocycles. The summed E-state index contributed by atoms with van der Waals surface area (Å²) in [7, 11) is 3.76. The number of likely N-dealkylation sites (N-methyl/N-ethyl adjacent to an activating group) is 1. The zero-order valence-electron chi connectivity index (χ0n) is 20.7. The van der Waals surface area contributed by atoms with E-state index in [-0.39, 0.29) is 24.3 Å². The van der Waals surface area contributed by atoms with E-state index in [0.29, 0.717) is 24.5 Å². The van der Waals surface area contributed by atoms with Crippen molar-refractivity contribution in [1.29, 1.82) is 0 Å². The largest absolute Gasteiger partial charge is 0.416 e. The Morgan fingerprint density at radius 2 is 1.64 bits per heavy atom. The van der Waals surface area contributed by atoms with E-state index >= 15 is 0 Å². The number of hydrogen-bond acceptors (Lipinski definition) is 4. The molecule has 0 aliphatic heterocycles. The third kappa shape index (κ3) is 6.94. The number of imidazole rings is 1. The number of hydrogen-bond donors (Lipinski definition) is 1. The molecule has 10 heteroatoms. The van der Waals surface area contributed by atoms with Gasteiger partial charge in [-0.3, -0.25) is 19.5 Å². The zero-order valence-corrected chi connectivity index (χ0v) is 20.7. The molecule has 1 aromatic heterocycles. The molecular weight excluding hydrogens is 471 g/mol. The van der Waals surface area contributed by atoms with Crippen molar-refractivity contribution in [2.75, 3.05) is 39.0 Å². The second-order valence-electron chi connectivity index (χ2n) is 9.00. The molecule has 3 aromatic rings. The maximum atomic E-state index is 13.0. The first-order valence-electron chi connectivity index (χ1n) is 11.5. The van der Waals surface area contributed by atoms with Gasteiger partial charge in [-0.2, -0.15) is 13.2 Å². The van der Waals surface area contributed by atoms with E-state index in [1.807, 2.05) is 49.3 Å². The Kier molecular flexibility index (Phi) is 8.52. The maximum Gasteiger partial charge on any atom is 0.416 e. The molecule has 0 atom stereocenters. The first-order chi connectivity index (χ1) is 17.0. The summed E-state index contributed by atoms with van der Waals surface area (Å²) in [5, 5.41) is 2.74. The van der Waals surface area contributed by atoms with Gasteiger partial charge < -0.3 is 9.80 Å². The highest BCUT2D eigenvalue weighted by Crippen LogP contribution is 2.31. The van der Waals surface area contributed by atoms with E-state index < -0.39 is 17.6 Å². The zero-order chi connectivity index (χ0) is 26.5. The van der Waals surface area contributed by atoms with Crippen molar-refractivity contribution >= 4 is 17.8 Å². The lowest BCUT2D eigenvalue weighted by Crippen LogP contribution is -2.43. The van der Waals surface area contributed by atoms with Gasteiger partial charge in [0.1, 0.15) is 0 Å². The van der Waals surface area contributed by atoms with Crippen LogP contribution >= 0.6 is 0 Å². The summed E-state index contributed by atoms with van der Waals surface area (Å²) in [6, 6.07) is 13.8. The van der Waals surface area contributed by atoms with Crippen molar-refractivity contribution in [2.24, 2.45) is 5.92 Å². The van der Waals surface area contributed by atoms with Gasteiger partial charge in [-0.1, -0.05) is 44.2 Å². The number of anilines is 1. The van der Waals surface area contributed by atoms with Crippen LogP contribution in [0.5, 0.6) is 0 Å². The number of carbonyl (C=O) groups is 2. The van der Waals surface area contributed by atoms with Crippen LogP contribution < -0.4 is 5.32 Å². The van der Waals surface area contributed by atoms with Crippen molar-refractivity contribution in [3.63, 3.8) is 0 Å². The molecule has 1 heterocycles. The predicted molar refractivity (Wildman–Crippen MR) is 133 cm³/mol. The van der Waals surface area contributed by atoms with Crippen molar-refractivity contribution in [3.8, 4) is 16.9 Å². The normalized spacial score (nSPS) is 11.7. The Morgan fingerprint density at radius 3 is 2.19 bits per heavy atom. The summed E-state index contributed by atoms with van der Waals surface area (Å²) in [4.78, 5) is 33.6. The first kappa shape index (κ1) is 26.9. The monoisotopic (exact) mass is 501 g/mol. The van der Waals surface area contributed by atoms with Crippen molar-refractivity contribution in [2.45, 2.75) is 20.0 Å². The van der Waals surface area contributed by atoms with Crippen LogP contribution in [0.4, 0.5) is 19.1 Å². The highest BCUT2D eigenvalue weighted by molar-refractivity contribution is 5.94. The molecule has 3 rings (SSSR count). The predicted octanol–water partition coefficient (Wildman–Crippen LogP) is 4.54. The molecule has 0 radical (unpaired) electrons. The lowest BCUT2D eigenvalue weighted by molar-refractivity contribution is -0.138. The van der Waals surface area contributed by atoms with E-state index in [4.69, 9.17) is 0 Å². The average Bonchev–Trinajstić information content (AvgIpc) is 3.24. The van der Waals surface area contributed by atoms with Crippen LogP contribution in [0.25, 0.3) is 16.9 Å². The minimum absolute atomic E-state index is 0.142. The van der Waals surface area contributed by atoms with E-state index in [2.05, 4.69) is 10.3 Å². The van der Waals surface area contributed by atoms with Gasteiger partial charge in [-0.15, -0.1) is 0 Å². The number of alkyl halides is 3. The Morgan fingerprint density at radius 1 is 1.00 bits per heavy atom. The summed E-state index contributed by atoms with van der Waals surface area (Å²) in [5.74, 6) is -0.744. The molecule has 0 saturated carbocycles. The second kappa shape index (κ2) is 11.4. The summed E-state index contributed by atoms with van der Waals surface area (Å²) in [6.45, 7) is 4.33. The minimum Gasteiger partial charge on any atom is -0.332 e. The van der Waals surface area contributed by atoms with Gasteiger partial charge in [0.25, 0.3) is 0 Å². The first-order valence-corrected chi connectivity index (χ1v) is 11.5. The molecule has 192 valence electrons. The van der Waals surface area contributed by atoms with E-state index in [1.165, 1.54) is 21.6 Å². The number of nitrogens with zero attached hydrogens (tertiary/aromatic N) is 4. The number of amides is 2. The molecule has 7 nitrogen and oxygen atoms in total. The Labute approximate surface area is 208 Å². The molecule has 0 fully saturated rings. The van der Waals surface area contributed by atoms with Crippen LogP contribution in [-0.4, -0.2) is 64.9 Å². The van der Waals surface area contributed by atoms with Gasteiger partial charge in [0.2, 0.25) is 17.8 Å². The fourth-order valence-electron chi connectivity index (χ4n) is 3.51. The molecule has 0 aliphatic carbocycles. The average molecular weight is 502 g/mol. The van der Waals surface area contributed by atoms with Crippen molar-refractivity contribution in [3.05, 3.63) is 66.4 Å². The molecule has 2 aromatic carbocycles. The number of carbonyl (C=O) groups excluding carboxylic acids is 2. The fraction of sp³-hybridized carbons (Fsp3) is 0.346. The maximum absolute atomic E-state index is 13.0. The molecular formula is C26H30F3N5O2. The Balaban J connectivity index is 1.91. The summed E-state index contributed by atoms with van der Waals surface area (Å²) < 4.78 is 40.7. The lowest BCUT2D eigenvalue weighted by atomic mass is 10.2. The SMILES string of the molecule is CC(C)C(=O)N(CCN(C)C)CC(=O)Nc1nc(-c2ccccc2)cn1-c1ccc(C(F)(F)F)cc1. The van der Waals surface area contributed by atoms with Crippen LogP contribution in [0.1, 0.15) is 19.4 Å². The van der Waals surface area contributed by atoms with Gasteiger partial charge in [0.15, 0.2) is 0 Å². The number of nitrogens with one attached hydrogen (secondary N) is 1. The summed E-state index contributed by atoms with van der Waals surface area (Å²) in [5.41, 5.74) is 0.939. The molecule has 0 spiro atoms. The molecule has 36 heavy (non-hydrogen) atoms. The quantitative estimate of drug-likeness (QED) is 0.467. The van der Waals surface area contributed by atoms with Gasteiger partial charge >= 0.3 is 6.18 Å². The lowest BCUT2D eigenvalue weighted by Gasteiger charge is -2.25. The van der Waals surface area contributed by atoms with Crippen LogP contribution in [-0.2, 0) is 15.8 Å². The molecule has 0 bridgehead atoms. The van der Waals surface area contributed by atoms with E-state index in [1.54, 1.807) is 20.0 Å². The smallest absolute Gasteiger partial charge is 0.332 e. The van der Waals surface area contributed by atoms with Gasteiger partial charge in [-0.05, 0) is 38.4 Å².